The monoisotopic (exact) mass is 351 g/mol. The van der Waals surface area contributed by atoms with Gasteiger partial charge in [-0.3, -0.25) is 20.4 Å². The summed E-state index contributed by atoms with van der Waals surface area (Å²) in [5.74, 6) is 0.316. The highest BCUT2D eigenvalue weighted by Gasteiger charge is 2.27. The molecule has 0 fully saturated rings. The van der Waals surface area contributed by atoms with E-state index in [2.05, 4.69) is 15.8 Å². The molecule has 1 aliphatic rings. The predicted octanol–water partition coefficient (Wildman–Crippen LogP) is 1.70. The molecule has 1 unspecified atom stereocenters. The van der Waals surface area contributed by atoms with Crippen LogP contribution in [0.5, 0.6) is 11.5 Å². The number of H-pyrrole nitrogens is 1. The smallest absolute Gasteiger partial charge is 0.283 e. The van der Waals surface area contributed by atoms with Crippen molar-refractivity contribution in [3.05, 3.63) is 60.3 Å². The summed E-state index contributed by atoms with van der Waals surface area (Å²) >= 11 is 0. The van der Waals surface area contributed by atoms with Gasteiger partial charge in [0, 0.05) is 17.1 Å². The lowest BCUT2D eigenvalue weighted by Gasteiger charge is -2.25. The number of aromatic nitrogens is 1. The van der Waals surface area contributed by atoms with Crippen molar-refractivity contribution in [1.82, 2.24) is 15.8 Å². The number of benzene rings is 2. The standard InChI is InChI=1S/C19H17N3O4/c23-18(9-12-10-20-14-6-2-1-5-13(12)14)21-22-19(24)17-11-25-15-7-3-4-8-16(15)26-17/h1-8,10,17,20H,9,11H2,(H,21,23)(H,22,24). The Bertz CT molecular complexity index is 966. The zero-order chi connectivity index (χ0) is 17.9. The van der Waals surface area contributed by atoms with Crippen LogP contribution in [0, 0.1) is 0 Å². The normalized spacial score (nSPS) is 15.5. The van der Waals surface area contributed by atoms with Crippen molar-refractivity contribution >= 4 is 22.7 Å². The number of nitrogens with one attached hydrogen (secondary N) is 3. The van der Waals surface area contributed by atoms with Gasteiger partial charge in [-0.2, -0.15) is 0 Å². The minimum Gasteiger partial charge on any atom is -0.485 e. The van der Waals surface area contributed by atoms with Gasteiger partial charge >= 0.3 is 0 Å². The summed E-state index contributed by atoms with van der Waals surface area (Å²) in [6.07, 6.45) is 1.12. The predicted molar refractivity (Wildman–Crippen MR) is 94.6 cm³/mol. The fourth-order valence-corrected chi connectivity index (χ4v) is 2.86. The largest absolute Gasteiger partial charge is 0.485 e. The number of rotatable bonds is 3. The first-order chi connectivity index (χ1) is 12.7. The number of carbonyl (C=O) groups is 2. The molecule has 3 N–H and O–H groups in total. The van der Waals surface area contributed by atoms with Gasteiger partial charge in [0.05, 0.1) is 6.42 Å². The molecular weight excluding hydrogens is 334 g/mol. The first kappa shape index (κ1) is 16.0. The third-order valence-corrected chi connectivity index (χ3v) is 4.15. The van der Waals surface area contributed by atoms with Crippen LogP contribution in [0.15, 0.2) is 54.7 Å². The van der Waals surface area contributed by atoms with E-state index in [4.69, 9.17) is 9.47 Å². The van der Waals surface area contributed by atoms with E-state index in [1.54, 1.807) is 24.4 Å². The van der Waals surface area contributed by atoms with E-state index in [0.29, 0.717) is 11.5 Å². The molecule has 3 aromatic rings. The minimum atomic E-state index is -0.821. The Morgan fingerprint density at radius 2 is 1.81 bits per heavy atom. The summed E-state index contributed by atoms with van der Waals surface area (Å²) in [7, 11) is 0. The lowest BCUT2D eigenvalue weighted by Crippen LogP contribution is -2.51. The molecule has 0 bridgehead atoms. The lowest BCUT2D eigenvalue weighted by atomic mass is 10.1. The zero-order valence-electron chi connectivity index (χ0n) is 13.8. The average molecular weight is 351 g/mol. The van der Waals surface area contributed by atoms with Gasteiger partial charge in [0.1, 0.15) is 6.61 Å². The third-order valence-electron chi connectivity index (χ3n) is 4.15. The van der Waals surface area contributed by atoms with Gasteiger partial charge in [0.25, 0.3) is 5.91 Å². The highest BCUT2D eigenvalue weighted by atomic mass is 16.6. The first-order valence-electron chi connectivity index (χ1n) is 8.23. The van der Waals surface area contributed by atoms with E-state index in [1.165, 1.54) is 0 Å². The van der Waals surface area contributed by atoms with E-state index >= 15 is 0 Å². The Hall–Kier alpha value is -3.48. The molecule has 26 heavy (non-hydrogen) atoms. The van der Waals surface area contributed by atoms with Crippen LogP contribution in [0.25, 0.3) is 10.9 Å². The Balaban J connectivity index is 1.32. The van der Waals surface area contributed by atoms with E-state index in [9.17, 15) is 9.59 Å². The van der Waals surface area contributed by atoms with Crippen molar-refractivity contribution in [2.75, 3.05) is 6.61 Å². The Morgan fingerprint density at radius 3 is 2.69 bits per heavy atom. The molecule has 1 aliphatic heterocycles. The van der Waals surface area contributed by atoms with Crippen LogP contribution in [0.3, 0.4) is 0 Å². The van der Waals surface area contributed by atoms with Crippen LogP contribution in [-0.4, -0.2) is 29.5 Å². The van der Waals surface area contributed by atoms with Gasteiger partial charge in [0.2, 0.25) is 12.0 Å². The van der Waals surface area contributed by atoms with Crippen LogP contribution < -0.4 is 20.3 Å². The van der Waals surface area contributed by atoms with Crippen molar-refractivity contribution in [2.45, 2.75) is 12.5 Å². The maximum Gasteiger partial charge on any atom is 0.283 e. The molecule has 2 heterocycles. The molecule has 1 atom stereocenters. The molecule has 0 saturated heterocycles. The second-order valence-corrected chi connectivity index (χ2v) is 5.94. The summed E-state index contributed by atoms with van der Waals surface area (Å²) in [4.78, 5) is 27.4. The van der Waals surface area contributed by atoms with E-state index < -0.39 is 12.0 Å². The third kappa shape index (κ3) is 3.19. The average Bonchev–Trinajstić information content (AvgIpc) is 3.08. The molecule has 2 aromatic carbocycles. The van der Waals surface area contributed by atoms with E-state index in [1.807, 2.05) is 30.3 Å². The SMILES string of the molecule is O=C(Cc1c[nH]c2ccccc12)NNC(=O)C1COc2ccccc2O1. The Morgan fingerprint density at radius 1 is 1.04 bits per heavy atom. The highest BCUT2D eigenvalue weighted by Crippen LogP contribution is 2.30. The van der Waals surface area contributed by atoms with Gasteiger partial charge in [-0.1, -0.05) is 30.3 Å². The summed E-state index contributed by atoms with van der Waals surface area (Å²) in [5, 5.41) is 0.981. The molecule has 7 nitrogen and oxygen atoms in total. The van der Waals surface area contributed by atoms with Crippen LogP contribution in [-0.2, 0) is 16.0 Å². The number of para-hydroxylation sites is 3. The molecule has 2 amide bonds. The number of carbonyl (C=O) groups excluding carboxylic acids is 2. The van der Waals surface area contributed by atoms with Crippen LogP contribution in [0.2, 0.25) is 0 Å². The lowest BCUT2D eigenvalue weighted by molar-refractivity contribution is -0.134. The van der Waals surface area contributed by atoms with Gasteiger partial charge in [-0.25, -0.2) is 0 Å². The van der Waals surface area contributed by atoms with Gasteiger partial charge in [-0.05, 0) is 23.8 Å². The summed E-state index contributed by atoms with van der Waals surface area (Å²) in [6, 6.07) is 14.8. The van der Waals surface area contributed by atoms with Crippen molar-refractivity contribution in [3.63, 3.8) is 0 Å². The fraction of sp³-hybridized carbons (Fsp3) is 0.158. The molecule has 1 aromatic heterocycles. The topological polar surface area (TPSA) is 92.5 Å². The number of hydrogen-bond acceptors (Lipinski definition) is 4. The maximum absolute atomic E-state index is 12.2. The number of fused-ring (bicyclic) bond motifs is 2. The maximum atomic E-state index is 12.2. The van der Waals surface area contributed by atoms with Crippen LogP contribution >= 0.6 is 0 Å². The van der Waals surface area contributed by atoms with Gasteiger partial charge in [-0.15, -0.1) is 0 Å². The molecule has 7 heteroatoms. The number of hydrazine groups is 1. The van der Waals surface area contributed by atoms with Crippen molar-refractivity contribution in [2.24, 2.45) is 0 Å². The van der Waals surface area contributed by atoms with Crippen LogP contribution in [0.4, 0.5) is 0 Å². The van der Waals surface area contributed by atoms with Crippen molar-refractivity contribution < 1.29 is 19.1 Å². The highest BCUT2D eigenvalue weighted by molar-refractivity contribution is 5.90. The quantitative estimate of drug-likeness (QED) is 0.626. The molecule has 0 radical (unpaired) electrons. The summed E-state index contributed by atoms with van der Waals surface area (Å²) < 4.78 is 11.1. The second-order valence-electron chi connectivity index (χ2n) is 5.94. The first-order valence-corrected chi connectivity index (χ1v) is 8.23. The number of aromatic amines is 1. The molecular formula is C19H17N3O4. The molecule has 0 aliphatic carbocycles. The van der Waals surface area contributed by atoms with Crippen LogP contribution in [0.1, 0.15) is 5.56 Å². The van der Waals surface area contributed by atoms with E-state index in [0.717, 1.165) is 16.5 Å². The fourth-order valence-electron chi connectivity index (χ4n) is 2.86. The Kier molecular flexibility index (Phi) is 4.18. The van der Waals surface area contributed by atoms with Crippen molar-refractivity contribution in [3.8, 4) is 11.5 Å². The second kappa shape index (κ2) is 6.79. The number of ether oxygens (including phenoxy) is 2. The Labute approximate surface area is 149 Å². The molecule has 4 rings (SSSR count). The minimum absolute atomic E-state index is 0.0845. The number of hydrogen-bond donors (Lipinski definition) is 3. The molecule has 0 spiro atoms. The molecule has 132 valence electrons. The number of amides is 2. The van der Waals surface area contributed by atoms with E-state index in [-0.39, 0.29) is 18.9 Å². The van der Waals surface area contributed by atoms with Gasteiger partial charge in [0.15, 0.2) is 11.5 Å². The summed E-state index contributed by atoms with van der Waals surface area (Å²) in [6.45, 7) is 0.0845. The summed E-state index contributed by atoms with van der Waals surface area (Å²) in [5.41, 5.74) is 6.63. The van der Waals surface area contributed by atoms with Gasteiger partial charge < -0.3 is 14.5 Å². The van der Waals surface area contributed by atoms with Crippen molar-refractivity contribution in [1.29, 1.82) is 0 Å². The molecule has 0 saturated carbocycles. The zero-order valence-corrected chi connectivity index (χ0v) is 13.8.